The molecule has 1 aromatic carbocycles. The van der Waals surface area contributed by atoms with Gasteiger partial charge in [0.2, 0.25) is 0 Å². The Morgan fingerprint density at radius 1 is 1.37 bits per heavy atom. The van der Waals surface area contributed by atoms with Crippen molar-refractivity contribution in [1.29, 1.82) is 0 Å². The first-order valence-corrected chi connectivity index (χ1v) is 6.65. The standard InChI is InChI=1S/C13H10ClF3OS/c1-9(18)19-5-3-2-4-10-6-11(13(15,16)17)8-12(14)7-10/h6-8H,3,5H2,1H3. The predicted molar refractivity (Wildman–Crippen MR) is 71.1 cm³/mol. The van der Waals surface area contributed by atoms with Crippen molar-refractivity contribution in [3.63, 3.8) is 0 Å². The number of hydrogen-bond donors (Lipinski definition) is 0. The van der Waals surface area contributed by atoms with E-state index < -0.39 is 11.7 Å². The molecule has 6 heteroatoms. The van der Waals surface area contributed by atoms with Crippen LogP contribution in [0.25, 0.3) is 0 Å². The van der Waals surface area contributed by atoms with Crippen molar-refractivity contribution in [3.8, 4) is 11.8 Å². The Morgan fingerprint density at radius 2 is 2.05 bits per heavy atom. The number of rotatable bonds is 2. The van der Waals surface area contributed by atoms with Crippen molar-refractivity contribution in [2.24, 2.45) is 0 Å². The Labute approximate surface area is 118 Å². The van der Waals surface area contributed by atoms with Crippen LogP contribution in [0, 0.1) is 11.8 Å². The van der Waals surface area contributed by atoms with Crippen molar-refractivity contribution in [3.05, 3.63) is 34.3 Å². The van der Waals surface area contributed by atoms with Crippen molar-refractivity contribution in [1.82, 2.24) is 0 Å². The number of alkyl halides is 3. The second-order valence-corrected chi connectivity index (χ2v) is 5.33. The maximum Gasteiger partial charge on any atom is 0.416 e. The van der Waals surface area contributed by atoms with E-state index in [-0.39, 0.29) is 15.7 Å². The van der Waals surface area contributed by atoms with Crippen molar-refractivity contribution in [2.45, 2.75) is 19.5 Å². The SMILES string of the molecule is CC(=O)SCCC#Cc1cc(Cl)cc(C(F)(F)F)c1. The van der Waals surface area contributed by atoms with E-state index in [0.717, 1.165) is 23.9 Å². The Hall–Kier alpha value is -1.12. The van der Waals surface area contributed by atoms with Gasteiger partial charge >= 0.3 is 6.18 Å². The lowest BCUT2D eigenvalue weighted by atomic mass is 10.1. The molecule has 0 saturated heterocycles. The minimum absolute atomic E-state index is 0.00256. The highest BCUT2D eigenvalue weighted by molar-refractivity contribution is 8.13. The van der Waals surface area contributed by atoms with Crippen molar-refractivity contribution >= 4 is 28.5 Å². The van der Waals surface area contributed by atoms with Gasteiger partial charge in [-0.2, -0.15) is 13.2 Å². The van der Waals surface area contributed by atoms with E-state index in [2.05, 4.69) is 11.8 Å². The number of thioether (sulfide) groups is 1. The third kappa shape index (κ3) is 6.04. The average Bonchev–Trinajstić information content (AvgIpc) is 2.26. The Kier molecular flexibility index (Phi) is 5.77. The zero-order chi connectivity index (χ0) is 14.5. The molecule has 0 aliphatic carbocycles. The molecule has 0 atom stereocenters. The van der Waals surface area contributed by atoms with Crippen LogP contribution in [0.4, 0.5) is 13.2 Å². The lowest BCUT2D eigenvalue weighted by Gasteiger charge is -2.07. The molecule has 0 radical (unpaired) electrons. The second kappa shape index (κ2) is 6.88. The molecular weight excluding hydrogens is 297 g/mol. The highest BCUT2D eigenvalue weighted by atomic mass is 35.5. The summed E-state index contributed by atoms with van der Waals surface area (Å²) in [6.07, 6.45) is -4.01. The van der Waals surface area contributed by atoms with Crippen LogP contribution in [-0.2, 0) is 11.0 Å². The van der Waals surface area contributed by atoms with Gasteiger partial charge in [0.05, 0.1) is 5.56 Å². The van der Waals surface area contributed by atoms with Crippen LogP contribution in [0.2, 0.25) is 5.02 Å². The molecule has 1 rings (SSSR count). The maximum atomic E-state index is 12.5. The van der Waals surface area contributed by atoms with E-state index in [1.807, 2.05) is 0 Å². The van der Waals surface area contributed by atoms with Crippen molar-refractivity contribution < 1.29 is 18.0 Å². The van der Waals surface area contributed by atoms with Crippen LogP contribution in [-0.4, -0.2) is 10.9 Å². The van der Waals surface area contributed by atoms with E-state index in [9.17, 15) is 18.0 Å². The lowest BCUT2D eigenvalue weighted by molar-refractivity contribution is -0.137. The molecular formula is C13H10ClF3OS. The van der Waals surface area contributed by atoms with E-state index in [1.165, 1.54) is 13.0 Å². The summed E-state index contributed by atoms with van der Waals surface area (Å²) in [6.45, 7) is 1.45. The summed E-state index contributed by atoms with van der Waals surface area (Å²) in [5.74, 6) is 5.85. The second-order valence-electron chi connectivity index (χ2n) is 3.62. The Balaban J connectivity index is 2.77. The minimum atomic E-state index is -4.44. The summed E-state index contributed by atoms with van der Waals surface area (Å²) in [6, 6.07) is 3.19. The number of carbonyl (C=O) groups excluding carboxylic acids is 1. The lowest BCUT2D eigenvalue weighted by Crippen LogP contribution is -2.05. The van der Waals surface area contributed by atoms with Gasteiger partial charge in [0.15, 0.2) is 5.12 Å². The molecule has 0 saturated carbocycles. The number of benzene rings is 1. The molecule has 0 aromatic heterocycles. The predicted octanol–water partition coefficient (Wildman–Crippen LogP) is 4.38. The van der Waals surface area contributed by atoms with Crippen LogP contribution < -0.4 is 0 Å². The quantitative estimate of drug-likeness (QED) is 0.596. The topological polar surface area (TPSA) is 17.1 Å². The molecule has 0 aliphatic heterocycles. The summed E-state index contributed by atoms with van der Waals surface area (Å²) in [4.78, 5) is 10.6. The molecule has 0 spiro atoms. The molecule has 0 heterocycles. The van der Waals surface area contributed by atoms with E-state index in [1.54, 1.807) is 0 Å². The van der Waals surface area contributed by atoms with E-state index >= 15 is 0 Å². The normalized spacial score (nSPS) is 10.8. The molecule has 0 N–H and O–H groups in total. The van der Waals surface area contributed by atoms with Gasteiger partial charge in [-0.3, -0.25) is 4.79 Å². The largest absolute Gasteiger partial charge is 0.416 e. The van der Waals surface area contributed by atoms with Gasteiger partial charge < -0.3 is 0 Å². The molecule has 0 amide bonds. The minimum Gasteiger partial charge on any atom is -0.288 e. The first-order chi connectivity index (χ1) is 8.79. The summed E-state index contributed by atoms with van der Waals surface area (Å²) in [5, 5.41) is -0.0128. The zero-order valence-corrected chi connectivity index (χ0v) is 11.5. The molecule has 0 unspecified atom stereocenters. The Bertz CT molecular complexity index is 529. The molecule has 1 aromatic rings. The molecule has 0 bridgehead atoms. The summed E-state index contributed by atoms with van der Waals surface area (Å²) < 4.78 is 37.6. The molecule has 0 fully saturated rings. The van der Waals surface area contributed by atoms with E-state index in [4.69, 9.17) is 11.6 Å². The van der Waals surface area contributed by atoms with Gasteiger partial charge in [-0.25, -0.2) is 0 Å². The van der Waals surface area contributed by atoms with Gasteiger partial charge in [0.25, 0.3) is 0 Å². The van der Waals surface area contributed by atoms with Gasteiger partial charge in [0.1, 0.15) is 0 Å². The van der Waals surface area contributed by atoms with Crippen molar-refractivity contribution in [2.75, 3.05) is 5.75 Å². The summed E-state index contributed by atoms with van der Waals surface area (Å²) >= 11 is 6.75. The average molecular weight is 307 g/mol. The third-order valence-corrected chi connectivity index (χ3v) is 3.02. The van der Waals surface area contributed by atoms with E-state index in [0.29, 0.717) is 12.2 Å². The van der Waals surface area contributed by atoms with Gasteiger partial charge in [-0.15, -0.1) is 0 Å². The Morgan fingerprint density at radius 3 is 2.63 bits per heavy atom. The number of hydrogen-bond acceptors (Lipinski definition) is 2. The molecule has 0 aliphatic rings. The smallest absolute Gasteiger partial charge is 0.288 e. The van der Waals surface area contributed by atoms with Gasteiger partial charge in [-0.05, 0) is 18.2 Å². The zero-order valence-electron chi connectivity index (χ0n) is 9.97. The van der Waals surface area contributed by atoms with Gasteiger partial charge in [-0.1, -0.05) is 35.2 Å². The van der Waals surface area contributed by atoms with Crippen LogP contribution in [0.5, 0.6) is 0 Å². The number of halogens is 4. The first kappa shape index (κ1) is 15.9. The highest BCUT2D eigenvalue weighted by Gasteiger charge is 2.30. The fourth-order valence-corrected chi connectivity index (χ4v) is 1.96. The van der Waals surface area contributed by atoms with Crippen LogP contribution in [0.1, 0.15) is 24.5 Å². The maximum absolute atomic E-state index is 12.5. The van der Waals surface area contributed by atoms with Crippen LogP contribution in [0.15, 0.2) is 18.2 Å². The molecule has 1 nitrogen and oxygen atoms in total. The summed E-state index contributed by atoms with van der Waals surface area (Å²) in [7, 11) is 0. The fourth-order valence-electron chi connectivity index (χ4n) is 1.24. The van der Waals surface area contributed by atoms with Crippen LogP contribution in [0.3, 0.4) is 0 Å². The number of carbonyl (C=O) groups is 1. The van der Waals surface area contributed by atoms with Gasteiger partial charge in [0, 0.05) is 29.7 Å². The molecule has 19 heavy (non-hydrogen) atoms. The monoisotopic (exact) mass is 306 g/mol. The highest BCUT2D eigenvalue weighted by Crippen LogP contribution is 2.31. The third-order valence-electron chi connectivity index (χ3n) is 1.99. The summed E-state index contributed by atoms with van der Waals surface area (Å²) in [5.41, 5.74) is -0.602. The fraction of sp³-hybridized carbons (Fsp3) is 0.308. The molecule has 102 valence electrons. The first-order valence-electron chi connectivity index (χ1n) is 5.29. The van der Waals surface area contributed by atoms with Crippen LogP contribution >= 0.6 is 23.4 Å².